The molecule has 0 saturated heterocycles. The fourth-order valence-corrected chi connectivity index (χ4v) is 6.78. The molecule has 0 bridgehead atoms. The molecular formula is C50H89NO8P+. The highest BCUT2D eigenvalue weighted by molar-refractivity contribution is 7.47. The van der Waals surface area contributed by atoms with Crippen molar-refractivity contribution in [1.82, 2.24) is 0 Å². The molecule has 0 aromatic carbocycles. The lowest BCUT2D eigenvalue weighted by atomic mass is 10.1. The summed E-state index contributed by atoms with van der Waals surface area (Å²) in [5.41, 5.74) is 0. The second kappa shape index (κ2) is 41.8. The maximum Gasteiger partial charge on any atom is 0.472 e. The topological polar surface area (TPSA) is 108 Å². The van der Waals surface area contributed by atoms with Crippen LogP contribution >= 0.6 is 7.82 Å². The van der Waals surface area contributed by atoms with Crippen molar-refractivity contribution in [3.05, 3.63) is 72.9 Å². The second-order valence-corrected chi connectivity index (χ2v) is 18.2. The molecule has 0 heterocycles. The SMILES string of the molecule is CC/C=C\C/C=C\C/C=C\C/C=C\CCCCCCC(=O)OC(COC(=O)CCCCCCCCCCC/C=C\C/C=C\CCCCC)COP(=O)(O)OCC[N+](C)(C)C. The number of unbranched alkanes of at least 4 members (excludes halogenated alkanes) is 16. The molecule has 0 spiro atoms. The van der Waals surface area contributed by atoms with Gasteiger partial charge in [-0.1, -0.05) is 157 Å². The van der Waals surface area contributed by atoms with Gasteiger partial charge in [-0.05, 0) is 83.5 Å². The van der Waals surface area contributed by atoms with E-state index in [4.69, 9.17) is 18.5 Å². The van der Waals surface area contributed by atoms with Crippen LogP contribution in [0.5, 0.6) is 0 Å². The Morgan fingerprint density at radius 1 is 0.533 bits per heavy atom. The van der Waals surface area contributed by atoms with Crippen LogP contribution in [-0.4, -0.2) is 74.9 Å². The van der Waals surface area contributed by atoms with Gasteiger partial charge in [-0.3, -0.25) is 18.6 Å². The minimum absolute atomic E-state index is 0.0224. The number of esters is 2. The fraction of sp³-hybridized carbons (Fsp3) is 0.720. The number of carbonyl (C=O) groups is 2. The number of hydrogen-bond donors (Lipinski definition) is 1. The van der Waals surface area contributed by atoms with Gasteiger partial charge in [0.15, 0.2) is 6.10 Å². The molecule has 2 atom stereocenters. The highest BCUT2D eigenvalue weighted by atomic mass is 31.2. The summed E-state index contributed by atoms with van der Waals surface area (Å²) in [5.74, 6) is -0.835. The van der Waals surface area contributed by atoms with E-state index in [9.17, 15) is 19.0 Å². The van der Waals surface area contributed by atoms with Crippen LogP contribution in [-0.2, 0) is 32.7 Å². The molecule has 0 aliphatic rings. The van der Waals surface area contributed by atoms with Gasteiger partial charge in [0.1, 0.15) is 19.8 Å². The normalized spacial score (nSPS) is 14.2. The van der Waals surface area contributed by atoms with E-state index in [1.54, 1.807) is 0 Å². The first-order valence-electron chi connectivity index (χ1n) is 23.7. The molecule has 0 rings (SSSR count). The quantitative estimate of drug-likeness (QED) is 0.0212. The molecule has 60 heavy (non-hydrogen) atoms. The van der Waals surface area contributed by atoms with Crippen molar-refractivity contribution in [1.29, 1.82) is 0 Å². The number of rotatable bonds is 42. The van der Waals surface area contributed by atoms with Crippen LogP contribution in [0, 0.1) is 0 Å². The van der Waals surface area contributed by atoms with Crippen molar-refractivity contribution in [3.63, 3.8) is 0 Å². The van der Waals surface area contributed by atoms with E-state index in [1.165, 1.54) is 64.2 Å². The minimum Gasteiger partial charge on any atom is -0.462 e. The lowest BCUT2D eigenvalue weighted by molar-refractivity contribution is -0.870. The minimum atomic E-state index is -4.39. The van der Waals surface area contributed by atoms with E-state index in [1.807, 2.05) is 21.1 Å². The summed E-state index contributed by atoms with van der Waals surface area (Å²) >= 11 is 0. The molecule has 0 aromatic rings. The van der Waals surface area contributed by atoms with E-state index in [0.717, 1.165) is 83.5 Å². The molecule has 0 fully saturated rings. The molecule has 0 aliphatic carbocycles. The number of nitrogens with zero attached hydrogens (tertiary/aromatic N) is 1. The van der Waals surface area contributed by atoms with Crippen molar-refractivity contribution in [2.45, 2.75) is 187 Å². The highest BCUT2D eigenvalue weighted by Gasteiger charge is 2.27. The average Bonchev–Trinajstić information content (AvgIpc) is 3.20. The fourth-order valence-electron chi connectivity index (χ4n) is 6.03. The Kier molecular flexibility index (Phi) is 40.0. The summed E-state index contributed by atoms with van der Waals surface area (Å²) in [6.07, 6.45) is 52.3. The third-order valence-electron chi connectivity index (χ3n) is 9.72. The summed E-state index contributed by atoms with van der Waals surface area (Å²) in [6.45, 7) is 4.24. The number of quaternary nitrogens is 1. The van der Waals surface area contributed by atoms with Crippen LogP contribution in [0.3, 0.4) is 0 Å². The average molecular weight is 863 g/mol. The summed E-state index contributed by atoms with van der Waals surface area (Å²) in [4.78, 5) is 35.5. The molecule has 1 N–H and O–H groups in total. The summed E-state index contributed by atoms with van der Waals surface area (Å²) in [7, 11) is 1.45. The first kappa shape index (κ1) is 57.4. The molecule has 0 saturated carbocycles. The van der Waals surface area contributed by atoms with Gasteiger partial charge in [-0.2, -0.15) is 0 Å². The Morgan fingerprint density at radius 3 is 1.42 bits per heavy atom. The lowest BCUT2D eigenvalue weighted by Gasteiger charge is -2.24. The van der Waals surface area contributed by atoms with Crippen molar-refractivity contribution in [2.75, 3.05) is 47.5 Å². The van der Waals surface area contributed by atoms with Gasteiger partial charge in [0, 0.05) is 12.8 Å². The molecule has 0 aliphatic heterocycles. The highest BCUT2D eigenvalue weighted by Crippen LogP contribution is 2.43. The van der Waals surface area contributed by atoms with Gasteiger partial charge in [0.05, 0.1) is 27.7 Å². The van der Waals surface area contributed by atoms with Crippen molar-refractivity contribution < 1.29 is 42.1 Å². The number of allylic oxidation sites excluding steroid dienone is 12. The Balaban J connectivity index is 4.36. The molecule has 0 amide bonds. The third kappa shape index (κ3) is 45.0. The Morgan fingerprint density at radius 2 is 0.950 bits per heavy atom. The first-order valence-corrected chi connectivity index (χ1v) is 25.2. The summed E-state index contributed by atoms with van der Waals surface area (Å²) < 4.78 is 34.4. The van der Waals surface area contributed by atoms with Gasteiger partial charge >= 0.3 is 19.8 Å². The predicted octanol–water partition coefficient (Wildman–Crippen LogP) is 13.8. The standard InChI is InChI=1S/C50H88NO8P/c1-6-8-10-12-14-16-18-20-22-24-25-27-28-30-32-34-36-38-40-42-49(52)56-46-48(47-58-60(54,55)57-45-44-51(3,4)5)59-50(53)43-41-39-37-35-33-31-29-26-23-21-19-17-15-13-11-9-7-2/h9,11,14-17,20-23,29,31,48H,6-8,10,12-13,18-19,24-28,30,32-47H2,1-5H3/p+1/b11-9-,16-14-,17-15-,22-20-,23-21-,31-29-. The Bertz CT molecular complexity index is 1250. The van der Waals surface area contributed by atoms with E-state index >= 15 is 0 Å². The van der Waals surface area contributed by atoms with Crippen LogP contribution < -0.4 is 0 Å². The van der Waals surface area contributed by atoms with Crippen molar-refractivity contribution in [2.24, 2.45) is 0 Å². The number of carbonyl (C=O) groups excluding carboxylic acids is 2. The van der Waals surface area contributed by atoms with Gasteiger partial charge in [0.2, 0.25) is 0 Å². The molecule has 2 unspecified atom stereocenters. The van der Waals surface area contributed by atoms with E-state index in [0.29, 0.717) is 17.4 Å². The zero-order valence-electron chi connectivity index (χ0n) is 38.9. The van der Waals surface area contributed by atoms with Gasteiger partial charge < -0.3 is 18.9 Å². The zero-order valence-corrected chi connectivity index (χ0v) is 39.8. The molecule has 0 radical (unpaired) electrons. The zero-order chi connectivity index (χ0) is 44.3. The van der Waals surface area contributed by atoms with Gasteiger partial charge in [-0.15, -0.1) is 0 Å². The van der Waals surface area contributed by atoms with E-state index in [-0.39, 0.29) is 32.0 Å². The van der Waals surface area contributed by atoms with Crippen LogP contribution in [0.2, 0.25) is 0 Å². The van der Waals surface area contributed by atoms with Crippen molar-refractivity contribution >= 4 is 19.8 Å². The Labute approximate surface area is 368 Å². The van der Waals surface area contributed by atoms with Gasteiger partial charge in [0.25, 0.3) is 0 Å². The lowest BCUT2D eigenvalue weighted by Crippen LogP contribution is -2.37. The number of likely N-dealkylation sites (N-methyl/N-ethyl adjacent to an activating group) is 1. The van der Waals surface area contributed by atoms with Crippen LogP contribution in [0.4, 0.5) is 0 Å². The third-order valence-corrected chi connectivity index (χ3v) is 10.7. The maximum atomic E-state index is 12.7. The number of phosphoric ester groups is 1. The molecule has 10 heteroatoms. The molecule has 346 valence electrons. The predicted molar refractivity (Wildman–Crippen MR) is 252 cm³/mol. The molecule has 9 nitrogen and oxygen atoms in total. The Hall–Kier alpha value is -2.55. The monoisotopic (exact) mass is 863 g/mol. The van der Waals surface area contributed by atoms with E-state index in [2.05, 4.69) is 86.8 Å². The van der Waals surface area contributed by atoms with Crippen LogP contribution in [0.15, 0.2) is 72.9 Å². The first-order chi connectivity index (χ1) is 29.0. The second-order valence-electron chi connectivity index (χ2n) is 16.8. The number of ether oxygens (including phenoxy) is 2. The van der Waals surface area contributed by atoms with E-state index < -0.39 is 26.5 Å². The number of phosphoric acid groups is 1. The molecule has 0 aromatic heterocycles. The van der Waals surface area contributed by atoms with Gasteiger partial charge in [-0.25, -0.2) is 4.57 Å². The van der Waals surface area contributed by atoms with Crippen molar-refractivity contribution in [3.8, 4) is 0 Å². The largest absolute Gasteiger partial charge is 0.472 e. The smallest absolute Gasteiger partial charge is 0.462 e. The summed E-state index contributed by atoms with van der Waals surface area (Å²) in [5, 5.41) is 0. The molecular weight excluding hydrogens is 774 g/mol. The van der Waals surface area contributed by atoms with Crippen LogP contribution in [0.25, 0.3) is 0 Å². The maximum absolute atomic E-state index is 12.7. The number of hydrogen-bond acceptors (Lipinski definition) is 7. The van der Waals surface area contributed by atoms with Crippen LogP contribution in [0.1, 0.15) is 181 Å². The summed E-state index contributed by atoms with van der Waals surface area (Å²) in [6, 6.07) is 0.